The second-order valence-electron chi connectivity index (χ2n) is 4.27. The van der Waals surface area contributed by atoms with Crippen LogP contribution in [-0.2, 0) is 6.42 Å². The molecule has 1 unspecified atom stereocenters. The average molecular weight is 215 g/mol. The monoisotopic (exact) mass is 215 g/mol. The van der Waals surface area contributed by atoms with E-state index in [4.69, 9.17) is 5.26 Å². The fraction of sp³-hybridized carbons (Fsp3) is 0.429. The highest BCUT2D eigenvalue weighted by atomic mass is 16.1. The first-order valence-electron chi connectivity index (χ1n) is 5.63. The summed E-state index contributed by atoms with van der Waals surface area (Å²) < 4.78 is 0. The summed E-state index contributed by atoms with van der Waals surface area (Å²) in [6.07, 6.45) is 0.959. The lowest BCUT2D eigenvalue weighted by Crippen LogP contribution is -2.18. The topological polar surface area (TPSA) is 40.9 Å². The van der Waals surface area contributed by atoms with Crippen molar-refractivity contribution in [1.29, 1.82) is 5.26 Å². The Morgan fingerprint density at radius 1 is 1.31 bits per heavy atom. The number of nitrogens with zero attached hydrogens (tertiary/aromatic N) is 1. The number of carbonyl (C=O) groups is 1. The standard InChI is InChI=1S/C14H17NO/c1-4-11-5-7-12(8-6-11)14(16)13(9-15)10(2)3/h5-8,10,13H,4H2,1-3H3. The molecule has 0 aliphatic carbocycles. The lowest BCUT2D eigenvalue weighted by atomic mass is 9.89. The van der Waals surface area contributed by atoms with Gasteiger partial charge in [-0.25, -0.2) is 0 Å². The molecular formula is C14H17NO. The summed E-state index contributed by atoms with van der Waals surface area (Å²) in [7, 11) is 0. The Kier molecular flexibility index (Phi) is 4.25. The predicted molar refractivity (Wildman–Crippen MR) is 64.1 cm³/mol. The van der Waals surface area contributed by atoms with Crippen molar-refractivity contribution in [2.75, 3.05) is 0 Å². The highest BCUT2D eigenvalue weighted by Crippen LogP contribution is 2.17. The molecule has 16 heavy (non-hydrogen) atoms. The highest BCUT2D eigenvalue weighted by Gasteiger charge is 2.22. The van der Waals surface area contributed by atoms with E-state index < -0.39 is 5.92 Å². The minimum absolute atomic E-state index is 0.0587. The maximum Gasteiger partial charge on any atom is 0.180 e. The van der Waals surface area contributed by atoms with Crippen molar-refractivity contribution < 1.29 is 4.79 Å². The molecule has 0 aliphatic rings. The number of hydrogen-bond acceptors (Lipinski definition) is 2. The molecule has 0 radical (unpaired) electrons. The molecule has 0 bridgehead atoms. The molecule has 2 nitrogen and oxygen atoms in total. The van der Waals surface area contributed by atoms with Crippen LogP contribution in [0.5, 0.6) is 0 Å². The highest BCUT2D eigenvalue weighted by molar-refractivity contribution is 5.99. The van der Waals surface area contributed by atoms with Crippen LogP contribution in [-0.4, -0.2) is 5.78 Å². The second kappa shape index (κ2) is 5.46. The molecule has 0 spiro atoms. The van der Waals surface area contributed by atoms with Gasteiger partial charge in [-0.1, -0.05) is 45.0 Å². The third-order valence-corrected chi connectivity index (χ3v) is 2.73. The molecule has 0 amide bonds. The number of benzene rings is 1. The summed E-state index contributed by atoms with van der Waals surface area (Å²) in [5.41, 5.74) is 1.84. The minimum Gasteiger partial charge on any atom is -0.293 e. The largest absolute Gasteiger partial charge is 0.293 e. The Morgan fingerprint density at radius 3 is 2.25 bits per heavy atom. The van der Waals surface area contributed by atoms with E-state index in [1.165, 1.54) is 5.56 Å². The third-order valence-electron chi connectivity index (χ3n) is 2.73. The molecular weight excluding hydrogens is 198 g/mol. The van der Waals surface area contributed by atoms with Gasteiger partial charge in [0.2, 0.25) is 0 Å². The van der Waals surface area contributed by atoms with Crippen LogP contribution in [0.4, 0.5) is 0 Å². The summed E-state index contributed by atoms with van der Waals surface area (Å²) in [6.45, 7) is 5.86. The van der Waals surface area contributed by atoms with Gasteiger partial charge in [0.15, 0.2) is 5.78 Å². The smallest absolute Gasteiger partial charge is 0.180 e. The van der Waals surface area contributed by atoms with Crippen molar-refractivity contribution in [2.24, 2.45) is 11.8 Å². The van der Waals surface area contributed by atoms with Gasteiger partial charge in [0.05, 0.1) is 6.07 Å². The Bertz CT molecular complexity index is 398. The first-order chi connectivity index (χ1) is 7.60. The van der Waals surface area contributed by atoms with E-state index in [1.54, 1.807) is 0 Å². The number of carbonyl (C=O) groups excluding carboxylic acids is 1. The molecule has 84 valence electrons. The van der Waals surface area contributed by atoms with Crippen LogP contribution in [0.3, 0.4) is 0 Å². The van der Waals surface area contributed by atoms with Gasteiger partial charge in [-0.15, -0.1) is 0 Å². The van der Waals surface area contributed by atoms with Crippen molar-refractivity contribution in [1.82, 2.24) is 0 Å². The molecule has 2 heteroatoms. The predicted octanol–water partition coefficient (Wildman–Crippen LogP) is 3.23. The molecule has 0 aliphatic heterocycles. The van der Waals surface area contributed by atoms with Crippen molar-refractivity contribution in [3.63, 3.8) is 0 Å². The van der Waals surface area contributed by atoms with E-state index in [2.05, 4.69) is 13.0 Å². The quantitative estimate of drug-likeness (QED) is 0.723. The van der Waals surface area contributed by atoms with Crippen molar-refractivity contribution in [2.45, 2.75) is 27.2 Å². The molecule has 0 saturated heterocycles. The summed E-state index contributed by atoms with van der Waals surface area (Å²) in [5.74, 6) is -0.545. The maximum absolute atomic E-state index is 12.0. The molecule has 0 fully saturated rings. The molecule has 1 atom stereocenters. The van der Waals surface area contributed by atoms with Crippen LogP contribution >= 0.6 is 0 Å². The van der Waals surface area contributed by atoms with Crippen LogP contribution < -0.4 is 0 Å². The number of nitriles is 1. The normalized spacial score (nSPS) is 12.2. The van der Waals surface area contributed by atoms with Crippen molar-refractivity contribution >= 4 is 5.78 Å². The van der Waals surface area contributed by atoms with Crippen LogP contribution in [0.25, 0.3) is 0 Å². The lowest BCUT2D eigenvalue weighted by molar-refractivity contribution is 0.0924. The van der Waals surface area contributed by atoms with E-state index in [-0.39, 0.29) is 11.7 Å². The number of rotatable bonds is 4. The summed E-state index contributed by atoms with van der Waals surface area (Å²) >= 11 is 0. The van der Waals surface area contributed by atoms with Crippen LogP contribution in [0.2, 0.25) is 0 Å². The van der Waals surface area contributed by atoms with Crippen molar-refractivity contribution in [3.05, 3.63) is 35.4 Å². The number of aryl methyl sites for hydroxylation is 1. The molecule has 0 heterocycles. The Hall–Kier alpha value is -1.62. The van der Waals surface area contributed by atoms with E-state index in [0.29, 0.717) is 5.56 Å². The molecule has 1 rings (SSSR count). The Labute approximate surface area is 96.9 Å². The van der Waals surface area contributed by atoms with Crippen molar-refractivity contribution in [3.8, 4) is 6.07 Å². The van der Waals surface area contributed by atoms with Gasteiger partial charge in [0, 0.05) is 5.56 Å². The summed E-state index contributed by atoms with van der Waals surface area (Å²) in [6, 6.07) is 9.60. The van der Waals surface area contributed by atoms with Gasteiger partial charge in [-0.05, 0) is 17.9 Å². The molecule has 0 saturated carbocycles. The Morgan fingerprint density at radius 2 is 1.88 bits per heavy atom. The lowest BCUT2D eigenvalue weighted by Gasteiger charge is -2.11. The number of ketones is 1. The zero-order chi connectivity index (χ0) is 12.1. The van der Waals surface area contributed by atoms with Crippen LogP contribution in [0.15, 0.2) is 24.3 Å². The Balaban J connectivity index is 2.92. The van der Waals surface area contributed by atoms with Gasteiger partial charge in [0.1, 0.15) is 5.92 Å². The summed E-state index contributed by atoms with van der Waals surface area (Å²) in [5, 5.41) is 8.96. The van der Waals surface area contributed by atoms with Crippen LogP contribution in [0.1, 0.15) is 36.7 Å². The SMILES string of the molecule is CCc1ccc(C(=O)C(C#N)C(C)C)cc1. The van der Waals surface area contributed by atoms with Gasteiger partial charge in [-0.3, -0.25) is 4.79 Å². The van der Waals surface area contributed by atoms with Gasteiger partial charge < -0.3 is 0 Å². The first-order valence-corrected chi connectivity index (χ1v) is 5.63. The number of hydrogen-bond donors (Lipinski definition) is 0. The fourth-order valence-electron chi connectivity index (χ4n) is 1.59. The first kappa shape index (κ1) is 12.4. The second-order valence-corrected chi connectivity index (χ2v) is 4.27. The van der Waals surface area contributed by atoms with Gasteiger partial charge >= 0.3 is 0 Å². The molecule has 0 aromatic heterocycles. The fourth-order valence-corrected chi connectivity index (χ4v) is 1.59. The minimum atomic E-state index is -0.535. The van der Waals surface area contributed by atoms with Gasteiger partial charge in [-0.2, -0.15) is 5.26 Å². The number of Topliss-reactive ketones (excluding diaryl/α,β-unsaturated/α-hetero) is 1. The summed E-state index contributed by atoms with van der Waals surface area (Å²) in [4.78, 5) is 12.0. The zero-order valence-electron chi connectivity index (χ0n) is 10.0. The van der Waals surface area contributed by atoms with E-state index in [0.717, 1.165) is 6.42 Å². The third kappa shape index (κ3) is 2.70. The molecule has 1 aromatic rings. The maximum atomic E-state index is 12.0. The van der Waals surface area contributed by atoms with Gasteiger partial charge in [0.25, 0.3) is 0 Å². The van der Waals surface area contributed by atoms with E-state index in [1.807, 2.05) is 38.1 Å². The van der Waals surface area contributed by atoms with E-state index >= 15 is 0 Å². The zero-order valence-corrected chi connectivity index (χ0v) is 10.0. The van der Waals surface area contributed by atoms with E-state index in [9.17, 15) is 4.79 Å². The molecule has 1 aromatic carbocycles. The van der Waals surface area contributed by atoms with Crippen LogP contribution in [0, 0.1) is 23.2 Å². The molecule has 0 N–H and O–H groups in total. The average Bonchev–Trinajstić information content (AvgIpc) is 2.29.